The molecule has 1 fully saturated rings. The molecule has 0 aromatic heterocycles. The smallest absolute Gasteiger partial charge is 0.295 e. The van der Waals surface area contributed by atoms with Crippen molar-refractivity contribution in [1.29, 1.82) is 0 Å². The van der Waals surface area contributed by atoms with E-state index in [1.165, 1.54) is 23.1 Å². The number of aliphatic hydroxyl groups excluding tert-OH is 1. The van der Waals surface area contributed by atoms with Crippen LogP contribution in [0.3, 0.4) is 0 Å². The van der Waals surface area contributed by atoms with Crippen molar-refractivity contribution in [3.05, 3.63) is 93.8 Å². The molecule has 1 aliphatic heterocycles. The molecule has 38 heavy (non-hydrogen) atoms. The number of ketones is 1. The maximum atomic E-state index is 13.4. The molecule has 3 aromatic carbocycles. The van der Waals surface area contributed by atoms with Crippen LogP contribution in [0, 0.1) is 19.7 Å². The van der Waals surface area contributed by atoms with Crippen molar-refractivity contribution in [2.24, 2.45) is 0 Å². The van der Waals surface area contributed by atoms with Crippen molar-refractivity contribution in [3.63, 3.8) is 0 Å². The molecule has 1 aliphatic rings. The number of carbonyl (C=O) groups is 2. The van der Waals surface area contributed by atoms with Gasteiger partial charge in [-0.3, -0.25) is 9.59 Å². The quantitative estimate of drug-likeness (QED) is 0.241. The number of methoxy groups -OCH3 is 1. The number of aryl methyl sites for hydroxylation is 2. The summed E-state index contributed by atoms with van der Waals surface area (Å²) in [4.78, 5) is 28.1. The summed E-state index contributed by atoms with van der Waals surface area (Å²) in [7, 11) is 1.55. The van der Waals surface area contributed by atoms with Crippen molar-refractivity contribution in [2.75, 3.05) is 20.3 Å². The maximum Gasteiger partial charge on any atom is 0.295 e. The van der Waals surface area contributed by atoms with E-state index in [1.54, 1.807) is 57.4 Å². The van der Waals surface area contributed by atoms with Crippen molar-refractivity contribution in [2.45, 2.75) is 33.2 Å². The third kappa shape index (κ3) is 5.07. The average Bonchev–Trinajstić information content (AvgIpc) is 3.15. The molecular weight excluding hydrogens is 489 g/mol. The highest BCUT2D eigenvalue weighted by Crippen LogP contribution is 2.42. The van der Waals surface area contributed by atoms with Gasteiger partial charge in [-0.15, -0.1) is 0 Å². The fraction of sp³-hybridized carbons (Fsp3) is 0.267. The summed E-state index contributed by atoms with van der Waals surface area (Å²) < 4.78 is 24.3. The van der Waals surface area contributed by atoms with Crippen LogP contribution in [0.4, 0.5) is 4.39 Å². The van der Waals surface area contributed by atoms with Crippen LogP contribution >= 0.6 is 0 Å². The van der Waals surface area contributed by atoms with Gasteiger partial charge in [0.15, 0.2) is 11.5 Å². The number of aliphatic hydroxyl groups is 1. The van der Waals surface area contributed by atoms with Crippen LogP contribution in [0.5, 0.6) is 17.2 Å². The number of likely N-dealkylation sites (tertiary alicyclic amines) is 1. The Hall–Kier alpha value is -4.33. The number of hydrogen-bond acceptors (Lipinski definition) is 6. The normalized spacial score (nSPS) is 16.7. The van der Waals surface area contributed by atoms with Gasteiger partial charge in [0.05, 0.1) is 25.3 Å². The highest BCUT2D eigenvalue weighted by atomic mass is 19.1. The second-order valence-corrected chi connectivity index (χ2v) is 9.17. The lowest BCUT2D eigenvalue weighted by Gasteiger charge is -2.26. The van der Waals surface area contributed by atoms with E-state index < -0.39 is 17.7 Å². The van der Waals surface area contributed by atoms with Crippen LogP contribution in [-0.4, -0.2) is 47.1 Å². The Morgan fingerprint density at radius 1 is 1.00 bits per heavy atom. The molecule has 4 rings (SSSR count). The molecule has 1 saturated heterocycles. The van der Waals surface area contributed by atoms with Crippen LogP contribution in [0.1, 0.15) is 40.8 Å². The molecule has 1 amide bonds. The van der Waals surface area contributed by atoms with Gasteiger partial charge in [-0.05, 0) is 85.8 Å². The zero-order chi connectivity index (χ0) is 27.6. The van der Waals surface area contributed by atoms with Gasteiger partial charge < -0.3 is 24.6 Å². The Balaban J connectivity index is 1.85. The lowest BCUT2D eigenvalue weighted by atomic mass is 9.92. The van der Waals surface area contributed by atoms with Gasteiger partial charge in [0, 0.05) is 12.1 Å². The highest BCUT2D eigenvalue weighted by Gasteiger charge is 2.46. The molecule has 0 bridgehead atoms. The van der Waals surface area contributed by atoms with Crippen LogP contribution in [-0.2, 0) is 16.0 Å². The van der Waals surface area contributed by atoms with Crippen LogP contribution in [0.2, 0.25) is 0 Å². The van der Waals surface area contributed by atoms with Gasteiger partial charge in [0.25, 0.3) is 11.7 Å². The second kappa shape index (κ2) is 11.0. The number of amides is 1. The fourth-order valence-electron chi connectivity index (χ4n) is 4.74. The lowest BCUT2D eigenvalue weighted by Crippen LogP contribution is -2.31. The van der Waals surface area contributed by atoms with E-state index >= 15 is 0 Å². The Kier molecular flexibility index (Phi) is 7.71. The Labute approximate surface area is 220 Å². The van der Waals surface area contributed by atoms with E-state index in [4.69, 9.17) is 9.47 Å². The zero-order valence-corrected chi connectivity index (χ0v) is 21.7. The molecular formula is C30H30FNO6. The summed E-state index contributed by atoms with van der Waals surface area (Å²) in [5, 5.41) is 21.7. The zero-order valence-electron chi connectivity index (χ0n) is 21.7. The molecule has 2 N–H and O–H groups in total. The van der Waals surface area contributed by atoms with Gasteiger partial charge in [0.2, 0.25) is 0 Å². The van der Waals surface area contributed by atoms with E-state index in [9.17, 15) is 24.2 Å². The number of rotatable bonds is 8. The minimum Gasteiger partial charge on any atom is -0.507 e. The van der Waals surface area contributed by atoms with E-state index in [1.807, 2.05) is 6.92 Å². The standard InChI is InChI=1S/C30H30FNO6/c1-5-38-25-16-20(8-11-23(25)33)27-26(28(34)22-14-18(3)24(37-4)15-17(22)2)29(35)30(36)32(27)13-12-19-6-9-21(31)10-7-19/h6-11,14-16,27,33-34H,5,12-13H2,1-4H3/b28-26+. The first kappa shape index (κ1) is 26.7. The number of ether oxygens (including phenoxy) is 2. The predicted molar refractivity (Wildman–Crippen MR) is 141 cm³/mol. The molecule has 8 heteroatoms. The molecule has 0 saturated carbocycles. The number of nitrogens with zero attached hydrogens (tertiary/aromatic N) is 1. The van der Waals surface area contributed by atoms with Crippen molar-refractivity contribution in [3.8, 4) is 17.2 Å². The number of phenols is 1. The Bertz CT molecular complexity index is 1410. The van der Waals surface area contributed by atoms with E-state index in [2.05, 4.69) is 0 Å². The fourth-order valence-corrected chi connectivity index (χ4v) is 4.74. The number of halogens is 1. The summed E-state index contributed by atoms with van der Waals surface area (Å²) in [5.41, 5.74) is 3.05. The van der Waals surface area contributed by atoms with E-state index in [0.717, 1.165) is 11.1 Å². The number of hydrogen-bond donors (Lipinski definition) is 2. The molecule has 1 atom stereocenters. The van der Waals surface area contributed by atoms with Crippen LogP contribution in [0.15, 0.2) is 60.2 Å². The molecule has 1 unspecified atom stereocenters. The highest BCUT2D eigenvalue weighted by molar-refractivity contribution is 6.46. The summed E-state index contributed by atoms with van der Waals surface area (Å²) in [6.07, 6.45) is 0.362. The monoisotopic (exact) mass is 519 g/mol. The average molecular weight is 520 g/mol. The van der Waals surface area contributed by atoms with Gasteiger partial charge in [0.1, 0.15) is 17.3 Å². The Morgan fingerprint density at radius 3 is 2.37 bits per heavy atom. The first-order chi connectivity index (χ1) is 18.2. The lowest BCUT2D eigenvalue weighted by molar-refractivity contribution is -0.139. The molecule has 198 valence electrons. The van der Waals surface area contributed by atoms with Crippen molar-refractivity contribution in [1.82, 2.24) is 4.90 Å². The summed E-state index contributed by atoms with van der Waals surface area (Å²) in [6.45, 7) is 5.82. The SMILES string of the molecule is CCOc1cc(C2/C(=C(\O)c3cc(C)c(OC)cc3C)C(=O)C(=O)N2CCc2ccc(F)cc2)ccc1O. The summed E-state index contributed by atoms with van der Waals surface area (Å²) >= 11 is 0. The number of carbonyl (C=O) groups excluding carboxylic acids is 2. The molecule has 3 aromatic rings. The Morgan fingerprint density at radius 2 is 1.71 bits per heavy atom. The van der Waals surface area contributed by atoms with Crippen molar-refractivity contribution < 1.29 is 33.7 Å². The molecule has 1 heterocycles. The van der Waals surface area contributed by atoms with Crippen LogP contribution in [0.25, 0.3) is 5.76 Å². The van der Waals surface area contributed by atoms with Crippen molar-refractivity contribution >= 4 is 17.4 Å². The number of benzene rings is 3. The molecule has 7 nitrogen and oxygen atoms in total. The second-order valence-electron chi connectivity index (χ2n) is 9.17. The van der Waals surface area contributed by atoms with E-state index in [-0.39, 0.29) is 35.2 Å². The topological polar surface area (TPSA) is 96.3 Å². The summed E-state index contributed by atoms with van der Waals surface area (Å²) in [6, 6.07) is 13.1. The van der Waals surface area contributed by atoms with Gasteiger partial charge >= 0.3 is 0 Å². The van der Waals surface area contributed by atoms with Gasteiger partial charge in [-0.1, -0.05) is 18.2 Å². The molecule has 0 spiro atoms. The number of Topliss-reactive ketones (excluding diaryl/α,β-unsaturated/α-hetero) is 1. The number of phenolic OH excluding ortho intramolecular Hbond substituents is 1. The minimum atomic E-state index is -0.933. The third-order valence-corrected chi connectivity index (χ3v) is 6.69. The van der Waals surface area contributed by atoms with E-state index in [0.29, 0.717) is 35.5 Å². The first-order valence-corrected chi connectivity index (χ1v) is 12.3. The molecule has 0 radical (unpaired) electrons. The van der Waals surface area contributed by atoms with Gasteiger partial charge in [-0.2, -0.15) is 0 Å². The minimum absolute atomic E-state index is 0.0603. The third-order valence-electron chi connectivity index (χ3n) is 6.69. The van der Waals surface area contributed by atoms with Crippen LogP contribution < -0.4 is 9.47 Å². The largest absolute Gasteiger partial charge is 0.507 e. The molecule has 0 aliphatic carbocycles. The van der Waals surface area contributed by atoms with Gasteiger partial charge in [-0.25, -0.2) is 4.39 Å². The summed E-state index contributed by atoms with van der Waals surface area (Å²) in [5.74, 6) is -1.49. The first-order valence-electron chi connectivity index (χ1n) is 12.3. The predicted octanol–water partition coefficient (Wildman–Crippen LogP) is 5.22. The number of aromatic hydroxyl groups is 1. The maximum absolute atomic E-state index is 13.4.